The van der Waals surface area contributed by atoms with Gasteiger partial charge in [-0.05, 0) is 30.7 Å². The van der Waals surface area contributed by atoms with E-state index in [1.165, 1.54) is 39.2 Å². The average Bonchev–Trinajstić information content (AvgIpc) is 2.62. The topological polar surface area (TPSA) is 63.6 Å². The van der Waals surface area contributed by atoms with E-state index in [2.05, 4.69) is 0 Å². The fourth-order valence-corrected chi connectivity index (χ4v) is 3.07. The smallest absolute Gasteiger partial charge is 0.308 e. The van der Waals surface area contributed by atoms with E-state index in [1.54, 1.807) is 6.92 Å². The molecule has 2 rings (SSSR count). The van der Waals surface area contributed by atoms with Gasteiger partial charge in [-0.2, -0.15) is 0 Å². The first-order chi connectivity index (χ1) is 11.5. The molecule has 1 aliphatic carbocycles. The predicted molar refractivity (Wildman–Crippen MR) is 94.7 cm³/mol. The molecule has 2 unspecified atom stereocenters. The van der Waals surface area contributed by atoms with E-state index in [1.807, 2.05) is 37.3 Å². The molecule has 134 valence electrons. The minimum absolute atomic E-state index is 0.0399. The maximum absolute atomic E-state index is 11.2. The van der Waals surface area contributed by atoms with Crippen LogP contribution in [0.15, 0.2) is 30.3 Å². The van der Waals surface area contributed by atoms with Crippen LogP contribution in [0.3, 0.4) is 0 Å². The first kappa shape index (κ1) is 20.2. The molecule has 24 heavy (non-hydrogen) atoms. The Morgan fingerprint density at radius 2 is 1.71 bits per heavy atom. The fourth-order valence-electron chi connectivity index (χ4n) is 3.07. The Kier molecular flexibility index (Phi) is 9.13. The Morgan fingerprint density at radius 3 is 2.21 bits per heavy atom. The van der Waals surface area contributed by atoms with Crippen molar-refractivity contribution in [3.8, 4) is 0 Å². The molecule has 4 nitrogen and oxygen atoms in total. The van der Waals surface area contributed by atoms with Crippen molar-refractivity contribution in [3.05, 3.63) is 35.9 Å². The summed E-state index contributed by atoms with van der Waals surface area (Å²) in [6.07, 6.45) is 6.92. The number of hydrogen-bond donors (Lipinski definition) is 1. The summed E-state index contributed by atoms with van der Waals surface area (Å²) in [6, 6.07) is 9.65. The van der Waals surface area contributed by atoms with Crippen LogP contribution in [0.4, 0.5) is 0 Å². The third-order valence-electron chi connectivity index (χ3n) is 4.74. The van der Waals surface area contributed by atoms with Crippen molar-refractivity contribution in [3.63, 3.8) is 0 Å². The van der Waals surface area contributed by atoms with E-state index in [4.69, 9.17) is 9.84 Å². The number of carboxylic acids is 1. The van der Waals surface area contributed by atoms with Gasteiger partial charge in [0.15, 0.2) is 0 Å². The summed E-state index contributed by atoms with van der Waals surface area (Å²) in [5.74, 6) is -0.394. The van der Waals surface area contributed by atoms with Gasteiger partial charge in [-0.25, -0.2) is 0 Å². The van der Waals surface area contributed by atoms with Crippen molar-refractivity contribution in [1.82, 2.24) is 0 Å². The first-order valence-corrected chi connectivity index (χ1v) is 8.80. The molecule has 2 atom stereocenters. The molecule has 0 heterocycles. The third-order valence-corrected chi connectivity index (χ3v) is 4.74. The summed E-state index contributed by atoms with van der Waals surface area (Å²) < 4.78 is 4.73. The Bertz CT molecular complexity index is 492. The second-order valence-corrected chi connectivity index (χ2v) is 6.64. The predicted octanol–water partition coefficient (Wildman–Crippen LogP) is 4.33. The lowest BCUT2D eigenvalue weighted by atomic mass is 9.81. The first-order valence-electron chi connectivity index (χ1n) is 8.80. The second kappa shape index (κ2) is 10.8. The largest absolute Gasteiger partial charge is 0.481 e. The fraction of sp³-hybridized carbons (Fsp3) is 0.600. The summed E-state index contributed by atoms with van der Waals surface area (Å²) in [5, 5.41) is 8.64. The van der Waals surface area contributed by atoms with Crippen molar-refractivity contribution in [2.24, 2.45) is 17.8 Å². The summed E-state index contributed by atoms with van der Waals surface area (Å²) in [5.41, 5.74) is 1.08. The summed E-state index contributed by atoms with van der Waals surface area (Å²) in [4.78, 5) is 21.7. The van der Waals surface area contributed by atoms with Gasteiger partial charge in [0.2, 0.25) is 0 Å². The molecule has 1 N–H and O–H groups in total. The zero-order valence-corrected chi connectivity index (χ0v) is 15.0. The van der Waals surface area contributed by atoms with Crippen molar-refractivity contribution in [2.75, 3.05) is 7.11 Å². The minimum atomic E-state index is -0.737. The Hall–Kier alpha value is -1.84. The van der Waals surface area contributed by atoms with Crippen molar-refractivity contribution < 1.29 is 19.4 Å². The SMILES string of the molecule is CC(Cc1ccccc1)C(=O)O.COC(=O)C(C)C1CCCCC1. The lowest BCUT2D eigenvalue weighted by Gasteiger charge is -2.25. The zero-order chi connectivity index (χ0) is 17.9. The summed E-state index contributed by atoms with van der Waals surface area (Å²) in [6.45, 7) is 3.71. The van der Waals surface area contributed by atoms with E-state index in [0.717, 1.165) is 5.56 Å². The van der Waals surface area contributed by atoms with Crippen LogP contribution in [-0.2, 0) is 20.7 Å². The van der Waals surface area contributed by atoms with Crippen LogP contribution in [0.2, 0.25) is 0 Å². The lowest BCUT2D eigenvalue weighted by Crippen LogP contribution is -2.24. The highest BCUT2D eigenvalue weighted by atomic mass is 16.5. The molecule has 4 heteroatoms. The number of aliphatic carboxylic acids is 1. The number of methoxy groups -OCH3 is 1. The molecule has 1 aliphatic rings. The summed E-state index contributed by atoms with van der Waals surface area (Å²) >= 11 is 0. The molecular weight excluding hydrogens is 304 g/mol. The van der Waals surface area contributed by atoms with Gasteiger partial charge in [0, 0.05) is 0 Å². The molecule has 1 saturated carbocycles. The summed E-state index contributed by atoms with van der Waals surface area (Å²) in [7, 11) is 1.47. The molecule has 1 aromatic rings. The van der Waals surface area contributed by atoms with Crippen molar-refractivity contribution >= 4 is 11.9 Å². The van der Waals surface area contributed by atoms with Gasteiger partial charge in [0.1, 0.15) is 0 Å². The van der Waals surface area contributed by atoms with Gasteiger partial charge in [0.05, 0.1) is 18.9 Å². The molecule has 1 aromatic carbocycles. The average molecular weight is 334 g/mol. The Labute approximate surface area is 145 Å². The maximum atomic E-state index is 11.2. The van der Waals surface area contributed by atoms with Gasteiger partial charge < -0.3 is 9.84 Å². The van der Waals surface area contributed by atoms with Gasteiger partial charge >= 0.3 is 11.9 Å². The number of carboxylic acid groups (broad SMARTS) is 1. The zero-order valence-electron chi connectivity index (χ0n) is 15.0. The molecule has 0 aliphatic heterocycles. The Morgan fingerprint density at radius 1 is 1.12 bits per heavy atom. The highest BCUT2D eigenvalue weighted by Gasteiger charge is 2.25. The van der Waals surface area contributed by atoms with Crippen LogP contribution in [0, 0.1) is 17.8 Å². The number of rotatable bonds is 5. The van der Waals surface area contributed by atoms with Crippen LogP contribution < -0.4 is 0 Å². The van der Waals surface area contributed by atoms with Crippen LogP contribution in [0.25, 0.3) is 0 Å². The number of benzene rings is 1. The number of carbonyl (C=O) groups excluding carboxylic acids is 1. The van der Waals surface area contributed by atoms with Crippen molar-refractivity contribution in [2.45, 2.75) is 52.4 Å². The van der Waals surface area contributed by atoms with E-state index in [0.29, 0.717) is 12.3 Å². The minimum Gasteiger partial charge on any atom is -0.481 e. The molecule has 0 aromatic heterocycles. The molecule has 1 fully saturated rings. The van der Waals surface area contributed by atoms with E-state index >= 15 is 0 Å². The Balaban J connectivity index is 0.000000240. The monoisotopic (exact) mass is 334 g/mol. The number of esters is 1. The highest BCUT2D eigenvalue weighted by Crippen LogP contribution is 2.30. The number of carbonyl (C=O) groups is 2. The highest BCUT2D eigenvalue weighted by molar-refractivity contribution is 5.72. The van der Waals surface area contributed by atoms with Crippen LogP contribution in [-0.4, -0.2) is 24.2 Å². The molecular formula is C20H30O4. The number of hydrogen-bond acceptors (Lipinski definition) is 3. The van der Waals surface area contributed by atoms with Gasteiger partial charge in [-0.1, -0.05) is 63.4 Å². The normalized spacial score (nSPS) is 17.1. The van der Waals surface area contributed by atoms with Gasteiger partial charge in [-0.3, -0.25) is 9.59 Å². The van der Waals surface area contributed by atoms with Crippen LogP contribution in [0.1, 0.15) is 51.5 Å². The maximum Gasteiger partial charge on any atom is 0.308 e. The van der Waals surface area contributed by atoms with E-state index in [-0.39, 0.29) is 17.8 Å². The van der Waals surface area contributed by atoms with Gasteiger partial charge in [0.25, 0.3) is 0 Å². The lowest BCUT2D eigenvalue weighted by molar-refractivity contribution is -0.147. The third kappa shape index (κ3) is 7.16. The quantitative estimate of drug-likeness (QED) is 0.814. The molecule has 0 amide bonds. The second-order valence-electron chi connectivity index (χ2n) is 6.64. The van der Waals surface area contributed by atoms with E-state index < -0.39 is 5.97 Å². The molecule has 0 radical (unpaired) electrons. The van der Waals surface area contributed by atoms with Crippen LogP contribution >= 0.6 is 0 Å². The molecule has 0 spiro atoms. The number of ether oxygens (including phenoxy) is 1. The standard InChI is InChI=1S/C10H18O2.C10H12O2/c1-8(10(11)12-2)9-6-4-3-5-7-9;1-8(10(11)12)7-9-5-3-2-4-6-9/h8-9H,3-7H2,1-2H3;2-6,8H,7H2,1H3,(H,11,12). The van der Waals surface area contributed by atoms with E-state index in [9.17, 15) is 9.59 Å². The molecule has 0 bridgehead atoms. The van der Waals surface area contributed by atoms with Crippen LogP contribution in [0.5, 0.6) is 0 Å². The van der Waals surface area contributed by atoms with Gasteiger partial charge in [-0.15, -0.1) is 0 Å². The van der Waals surface area contributed by atoms with Crippen molar-refractivity contribution in [1.29, 1.82) is 0 Å². The molecule has 0 saturated heterocycles.